The first-order chi connectivity index (χ1) is 8.46. The first-order valence-corrected chi connectivity index (χ1v) is 7.09. The lowest BCUT2D eigenvalue weighted by Gasteiger charge is -2.39. The van der Waals surface area contributed by atoms with E-state index in [1.54, 1.807) is 0 Å². The van der Waals surface area contributed by atoms with Crippen molar-refractivity contribution < 1.29 is 0 Å². The smallest absolute Gasteiger partial charge is 0.0312 e. The third kappa shape index (κ3) is 2.31. The third-order valence-corrected chi connectivity index (χ3v) is 4.63. The van der Waals surface area contributed by atoms with Crippen molar-refractivity contribution in [2.45, 2.75) is 52.6 Å². The van der Waals surface area contributed by atoms with Crippen molar-refractivity contribution in [1.82, 2.24) is 9.88 Å². The van der Waals surface area contributed by atoms with Gasteiger partial charge in [0.1, 0.15) is 0 Å². The highest BCUT2D eigenvalue weighted by Gasteiger charge is 2.49. The molecule has 1 saturated carbocycles. The van der Waals surface area contributed by atoms with Gasteiger partial charge in [-0.1, -0.05) is 26.8 Å². The second-order valence-electron chi connectivity index (χ2n) is 7.48. The molecular formula is C16H24N2. The molecule has 18 heavy (non-hydrogen) atoms. The van der Waals surface area contributed by atoms with E-state index in [2.05, 4.69) is 36.7 Å². The molecule has 2 heterocycles. The Kier molecular flexibility index (Phi) is 2.74. The van der Waals surface area contributed by atoms with Gasteiger partial charge < -0.3 is 0 Å². The molecule has 2 fully saturated rings. The molecule has 1 aliphatic carbocycles. The van der Waals surface area contributed by atoms with E-state index in [0.29, 0.717) is 10.8 Å². The van der Waals surface area contributed by atoms with Crippen LogP contribution in [0, 0.1) is 10.8 Å². The molecule has 1 aromatic heterocycles. The lowest BCUT2D eigenvalue weighted by molar-refractivity contribution is 0.126. The van der Waals surface area contributed by atoms with Crippen LogP contribution in [0.4, 0.5) is 0 Å². The molecule has 1 aliphatic heterocycles. The molecule has 2 heteroatoms. The van der Waals surface area contributed by atoms with Gasteiger partial charge in [-0.3, -0.25) is 9.88 Å². The van der Waals surface area contributed by atoms with E-state index >= 15 is 0 Å². The number of pyridine rings is 1. The molecule has 2 aliphatic rings. The average molecular weight is 244 g/mol. The summed E-state index contributed by atoms with van der Waals surface area (Å²) in [6.45, 7) is 9.68. The minimum atomic E-state index is 0.515. The minimum absolute atomic E-state index is 0.515. The zero-order chi connectivity index (χ0) is 12.8. The SMILES string of the molecule is CC1(C)CC2CC(C)(CN2Cc2cccnc2)C1. The molecule has 2 unspecified atom stereocenters. The van der Waals surface area contributed by atoms with Crippen LogP contribution in [0.5, 0.6) is 0 Å². The van der Waals surface area contributed by atoms with Crippen molar-refractivity contribution in [2.24, 2.45) is 10.8 Å². The second kappa shape index (κ2) is 4.06. The first-order valence-electron chi connectivity index (χ1n) is 7.09. The minimum Gasteiger partial charge on any atom is -0.295 e. The van der Waals surface area contributed by atoms with Gasteiger partial charge in [-0.25, -0.2) is 0 Å². The normalized spacial score (nSPS) is 34.7. The van der Waals surface area contributed by atoms with Gasteiger partial charge in [0.15, 0.2) is 0 Å². The summed E-state index contributed by atoms with van der Waals surface area (Å²) in [4.78, 5) is 6.92. The van der Waals surface area contributed by atoms with Gasteiger partial charge in [-0.2, -0.15) is 0 Å². The number of likely N-dealkylation sites (tertiary alicyclic amines) is 1. The van der Waals surface area contributed by atoms with Gasteiger partial charge in [-0.05, 0) is 41.7 Å². The van der Waals surface area contributed by atoms with Gasteiger partial charge in [0.25, 0.3) is 0 Å². The van der Waals surface area contributed by atoms with Gasteiger partial charge in [0.05, 0.1) is 0 Å². The summed E-state index contributed by atoms with van der Waals surface area (Å²) in [6, 6.07) is 5.02. The largest absolute Gasteiger partial charge is 0.295 e. The Morgan fingerprint density at radius 2 is 2.17 bits per heavy atom. The quantitative estimate of drug-likeness (QED) is 0.791. The van der Waals surface area contributed by atoms with Crippen molar-refractivity contribution in [3.63, 3.8) is 0 Å². The number of rotatable bonds is 2. The van der Waals surface area contributed by atoms with E-state index in [1.807, 2.05) is 18.5 Å². The van der Waals surface area contributed by atoms with Gasteiger partial charge in [-0.15, -0.1) is 0 Å². The molecule has 3 rings (SSSR count). The lowest BCUT2D eigenvalue weighted by Crippen LogP contribution is -2.34. The molecular weight excluding hydrogens is 220 g/mol. The highest BCUT2D eigenvalue weighted by molar-refractivity contribution is 5.11. The molecule has 0 spiro atoms. The number of aromatic nitrogens is 1. The fourth-order valence-corrected chi connectivity index (χ4v) is 4.49. The number of hydrogen-bond acceptors (Lipinski definition) is 2. The van der Waals surface area contributed by atoms with Gasteiger partial charge >= 0.3 is 0 Å². The van der Waals surface area contributed by atoms with E-state index in [-0.39, 0.29) is 0 Å². The molecule has 2 nitrogen and oxygen atoms in total. The maximum Gasteiger partial charge on any atom is 0.0312 e. The van der Waals surface area contributed by atoms with E-state index in [0.717, 1.165) is 12.6 Å². The first kappa shape index (κ1) is 12.2. The van der Waals surface area contributed by atoms with E-state index in [1.165, 1.54) is 31.4 Å². The Morgan fingerprint density at radius 1 is 1.33 bits per heavy atom. The van der Waals surface area contributed by atoms with E-state index < -0.39 is 0 Å². The van der Waals surface area contributed by atoms with Crippen LogP contribution in [-0.4, -0.2) is 22.5 Å². The molecule has 98 valence electrons. The Morgan fingerprint density at radius 3 is 2.89 bits per heavy atom. The van der Waals surface area contributed by atoms with Crippen molar-refractivity contribution in [1.29, 1.82) is 0 Å². The molecule has 0 N–H and O–H groups in total. The Hall–Kier alpha value is -0.890. The molecule has 2 bridgehead atoms. The van der Waals surface area contributed by atoms with Crippen LogP contribution in [-0.2, 0) is 6.54 Å². The van der Waals surface area contributed by atoms with Crippen molar-refractivity contribution in [3.8, 4) is 0 Å². The fourth-order valence-electron chi connectivity index (χ4n) is 4.49. The maximum absolute atomic E-state index is 4.23. The maximum atomic E-state index is 4.23. The summed E-state index contributed by atoms with van der Waals surface area (Å²) in [5, 5.41) is 0. The topological polar surface area (TPSA) is 16.1 Å². The second-order valence-corrected chi connectivity index (χ2v) is 7.48. The van der Waals surface area contributed by atoms with Crippen molar-refractivity contribution in [3.05, 3.63) is 30.1 Å². The van der Waals surface area contributed by atoms with Gasteiger partial charge in [0, 0.05) is 31.5 Å². The van der Waals surface area contributed by atoms with Crippen LogP contribution < -0.4 is 0 Å². The third-order valence-electron chi connectivity index (χ3n) is 4.63. The van der Waals surface area contributed by atoms with Gasteiger partial charge in [0.2, 0.25) is 0 Å². The van der Waals surface area contributed by atoms with Crippen LogP contribution in [0.3, 0.4) is 0 Å². The standard InChI is InChI=1S/C16H24N2/c1-15(2)7-14-8-16(3,11-15)12-18(14)10-13-5-4-6-17-9-13/h4-6,9,14H,7-8,10-12H2,1-3H3. The van der Waals surface area contributed by atoms with Crippen molar-refractivity contribution in [2.75, 3.05) is 6.54 Å². The summed E-state index contributed by atoms with van der Waals surface area (Å²) in [5.41, 5.74) is 2.40. The van der Waals surface area contributed by atoms with Crippen LogP contribution in [0.15, 0.2) is 24.5 Å². The number of hydrogen-bond donors (Lipinski definition) is 0. The summed E-state index contributed by atoms with van der Waals surface area (Å²) < 4.78 is 0. The van der Waals surface area contributed by atoms with E-state index in [9.17, 15) is 0 Å². The number of nitrogens with zero attached hydrogens (tertiary/aromatic N) is 2. The van der Waals surface area contributed by atoms with Crippen LogP contribution >= 0.6 is 0 Å². The van der Waals surface area contributed by atoms with E-state index in [4.69, 9.17) is 0 Å². The fraction of sp³-hybridized carbons (Fsp3) is 0.688. The summed E-state index contributed by atoms with van der Waals surface area (Å²) in [6.07, 6.45) is 7.98. The predicted octanol–water partition coefficient (Wildman–Crippen LogP) is 3.48. The number of fused-ring (bicyclic) bond motifs is 2. The molecule has 2 atom stereocenters. The zero-order valence-electron chi connectivity index (χ0n) is 11.8. The molecule has 0 radical (unpaired) electrons. The molecule has 1 saturated heterocycles. The average Bonchev–Trinajstić information content (AvgIpc) is 2.49. The summed E-state index contributed by atoms with van der Waals surface area (Å²) in [5.74, 6) is 0. The molecule has 0 aromatic carbocycles. The summed E-state index contributed by atoms with van der Waals surface area (Å²) >= 11 is 0. The van der Waals surface area contributed by atoms with Crippen LogP contribution in [0.25, 0.3) is 0 Å². The lowest BCUT2D eigenvalue weighted by atomic mass is 9.65. The predicted molar refractivity (Wildman–Crippen MR) is 74.2 cm³/mol. The monoisotopic (exact) mass is 244 g/mol. The molecule has 1 aromatic rings. The highest BCUT2D eigenvalue weighted by atomic mass is 15.2. The molecule has 0 amide bonds. The van der Waals surface area contributed by atoms with Crippen molar-refractivity contribution >= 4 is 0 Å². The zero-order valence-corrected chi connectivity index (χ0v) is 11.8. The Labute approximate surface area is 110 Å². The highest BCUT2D eigenvalue weighted by Crippen LogP contribution is 2.52. The Balaban J connectivity index is 1.76. The van der Waals surface area contributed by atoms with Crippen LogP contribution in [0.2, 0.25) is 0 Å². The van der Waals surface area contributed by atoms with Crippen LogP contribution in [0.1, 0.15) is 45.6 Å². The summed E-state index contributed by atoms with van der Waals surface area (Å²) in [7, 11) is 0. The Bertz CT molecular complexity index is 426.